The van der Waals surface area contributed by atoms with Gasteiger partial charge in [0.05, 0.1) is 6.10 Å². The van der Waals surface area contributed by atoms with Gasteiger partial charge in [-0.2, -0.15) is 0 Å². The van der Waals surface area contributed by atoms with Gasteiger partial charge in [-0.3, -0.25) is 4.90 Å². The molecule has 19 heavy (non-hydrogen) atoms. The number of hydrogen-bond donors (Lipinski definition) is 1. The molecule has 0 aliphatic carbocycles. The van der Waals surface area contributed by atoms with Crippen LogP contribution in [-0.2, 0) is 11.3 Å². The maximum absolute atomic E-state index is 13.9. The van der Waals surface area contributed by atoms with Gasteiger partial charge in [0.25, 0.3) is 0 Å². The summed E-state index contributed by atoms with van der Waals surface area (Å²) in [4.78, 5) is 2.25. The van der Waals surface area contributed by atoms with Crippen molar-refractivity contribution < 1.29 is 9.13 Å². The first-order chi connectivity index (χ1) is 9.15. The number of nitrogens with zero attached hydrogens (tertiary/aromatic N) is 1. The number of likely N-dealkylation sites (tertiary alicyclic amines) is 1. The van der Waals surface area contributed by atoms with E-state index in [1.807, 2.05) is 6.07 Å². The summed E-state index contributed by atoms with van der Waals surface area (Å²) in [7, 11) is 1.74. The van der Waals surface area contributed by atoms with Gasteiger partial charge in [-0.25, -0.2) is 4.39 Å². The summed E-state index contributed by atoms with van der Waals surface area (Å²) < 4.78 is 20.1. The van der Waals surface area contributed by atoms with Crippen molar-refractivity contribution in [2.24, 2.45) is 5.73 Å². The smallest absolute Gasteiger partial charge is 0.128 e. The lowest BCUT2D eigenvalue weighted by atomic mass is 9.98. The molecular formula is C14H20BrFN2O. The molecule has 1 aromatic carbocycles. The van der Waals surface area contributed by atoms with Gasteiger partial charge in [-0.05, 0) is 25.0 Å². The molecule has 3 nitrogen and oxygen atoms in total. The van der Waals surface area contributed by atoms with Crippen molar-refractivity contribution in [3.05, 3.63) is 34.1 Å². The predicted octanol–water partition coefficient (Wildman–Crippen LogP) is 2.53. The van der Waals surface area contributed by atoms with Crippen LogP contribution in [0.5, 0.6) is 0 Å². The van der Waals surface area contributed by atoms with Crippen LogP contribution in [0.2, 0.25) is 0 Å². The number of nitrogens with two attached hydrogens (primary N) is 1. The monoisotopic (exact) mass is 330 g/mol. The highest BCUT2D eigenvalue weighted by molar-refractivity contribution is 9.10. The van der Waals surface area contributed by atoms with E-state index in [1.165, 1.54) is 6.07 Å². The molecule has 2 N–H and O–H groups in total. The molecule has 5 heteroatoms. The Bertz CT molecular complexity index is 410. The minimum atomic E-state index is -0.168. The third-order valence-corrected chi connectivity index (χ3v) is 4.56. The lowest BCUT2D eigenvalue weighted by Crippen LogP contribution is -2.48. The summed E-state index contributed by atoms with van der Waals surface area (Å²) in [5, 5.41) is 0. The molecule has 1 heterocycles. The average molecular weight is 331 g/mol. The average Bonchev–Trinajstić information content (AvgIpc) is 2.43. The van der Waals surface area contributed by atoms with Crippen molar-refractivity contribution in [1.29, 1.82) is 0 Å². The van der Waals surface area contributed by atoms with Gasteiger partial charge in [0.1, 0.15) is 5.82 Å². The molecule has 2 unspecified atom stereocenters. The van der Waals surface area contributed by atoms with Crippen LogP contribution in [-0.4, -0.2) is 37.2 Å². The molecule has 1 aromatic rings. The van der Waals surface area contributed by atoms with E-state index in [-0.39, 0.29) is 18.0 Å². The zero-order chi connectivity index (χ0) is 13.8. The fraction of sp³-hybridized carbons (Fsp3) is 0.571. The summed E-state index contributed by atoms with van der Waals surface area (Å²) in [5.41, 5.74) is 6.54. The first kappa shape index (κ1) is 14.9. The quantitative estimate of drug-likeness (QED) is 0.921. The zero-order valence-electron chi connectivity index (χ0n) is 11.1. The van der Waals surface area contributed by atoms with Crippen molar-refractivity contribution in [2.45, 2.75) is 31.5 Å². The van der Waals surface area contributed by atoms with Crippen LogP contribution in [0.1, 0.15) is 18.4 Å². The summed E-state index contributed by atoms with van der Waals surface area (Å²) >= 11 is 3.42. The number of ether oxygens (including phenoxy) is 1. The summed E-state index contributed by atoms with van der Waals surface area (Å²) in [6.45, 7) is 2.05. The second-order valence-corrected chi connectivity index (χ2v) is 5.80. The SMILES string of the molecule is COC1CCN(Cc2c(F)cccc2Br)C(CN)C1. The van der Waals surface area contributed by atoms with E-state index in [2.05, 4.69) is 20.8 Å². The molecule has 2 rings (SSSR count). The topological polar surface area (TPSA) is 38.5 Å². The van der Waals surface area contributed by atoms with E-state index in [4.69, 9.17) is 10.5 Å². The van der Waals surface area contributed by atoms with Gasteiger partial charge in [0, 0.05) is 42.8 Å². The van der Waals surface area contributed by atoms with Crippen LogP contribution < -0.4 is 5.73 Å². The predicted molar refractivity (Wildman–Crippen MR) is 77.4 cm³/mol. The molecule has 0 spiro atoms. The molecule has 106 valence electrons. The van der Waals surface area contributed by atoms with Crippen LogP contribution >= 0.6 is 15.9 Å². The Balaban J connectivity index is 2.10. The zero-order valence-corrected chi connectivity index (χ0v) is 12.7. The molecule has 0 radical (unpaired) electrons. The second-order valence-electron chi connectivity index (χ2n) is 4.94. The number of methoxy groups -OCH3 is 1. The Morgan fingerprint density at radius 2 is 2.32 bits per heavy atom. The maximum Gasteiger partial charge on any atom is 0.128 e. The number of rotatable bonds is 4. The van der Waals surface area contributed by atoms with Gasteiger partial charge in [0.2, 0.25) is 0 Å². The number of halogens is 2. The Kier molecular flexibility index (Phi) is 5.33. The van der Waals surface area contributed by atoms with E-state index < -0.39 is 0 Å². The Morgan fingerprint density at radius 1 is 1.53 bits per heavy atom. The third kappa shape index (κ3) is 3.54. The van der Waals surface area contributed by atoms with Crippen LogP contribution in [0.4, 0.5) is 4.39 Å². The standard InChI is InChI=1S/C14H20BrFN2O/c1-19-11-5-6-18(10(7-11)8-17)9-12-13(15)3-2-4-14(12)16/h2-4,10-11H,5-9,17H2,1H3. The highest BCUT2D eigenvalue weighted by atomic mass is 79.9. The lowest BCUT2D eigenvalue weighted by Gasteiger charge is -2.38. The Morgan fingerprint density at radius 3 is 2.95 bits per heavy atom. The van der Waals surface area contributed by atoms with Crippen molar-refractivity contribution >= 4 is 15.9 Å². The van der Waals surface area contributed by atoms with Crippen molar-refractivity contribution in [3.63, 3.8) is 0 Å². The normalized spacial score (nSPS) is 24.6. The van der Waals surface area contributed by atoms with Crippen LogP contribution in [0, 0.1) is 5.82 Å². The molecule has 1 saturated heterocycles. The largest absolute Gasteiger partial charge is 0.381 e. The lowest BCUT2D eigenvalue weighted by molar-refractivity contribution is 0.00980. The molecular weight excluding hydrogens is 311 g/mol. The van der Waals surface area contributed by atoms with Gasteiger partial charge in [-0.1, -0.05) is 22.0 Å². The Hall–Kier alpha value is -0.490. The molecule has 0 amide bonds. The molecule has 1 fully saturated rings. The summed E-state index contributed by atoms with van der Waals surface area (Å²) in [6.07, 6.45) is 2.16. The van der Waals surface area contributed by atoms with Crippen LogP contribution in [0.25, 0.3) is 0 Å². The van der Waals surface area contributed by atoms with Crippen LogP contribution in [0.15, 0.2) is 22.7 Å². The summed E-state index contributed by atoms with van der Waals surface area (Å²) in [6, 6.07) is 5.34. The third-order valence-electron chi connectivity index (χ3n) is 3.82. The highest BCUT2D eigenvalue weighted by Crippen LogP contribution is 2.26. The van der Waals surface area contributed by atoms with Crippen molar-refractivity contribution in [1.82, 2.24) is 4.90 Å². The van der Waals surface area contributed by atoms with E-state index in [0.29, 0.717) is 18.7 Å². The van der Waals surface area contributed by atoms with E-state index in [1.54, 1.807) is 13.2 Å². The van der Waals surface area contributed by atoms with E-state index in [0.717, 1.165) is 23.9 Å². The Labute approximate surface area is 122 Å². The minimum Gasteiger partial charge on any atom is -0.381 e. The number of piperidine rings is 1. The minimum absolute atomic E-state index is 0.168. The maximum atomic E-state index is 13.9. The van der Waals surface area contributed by atoms with E-state index in [9.17, 15) is 4.39 Å². The van der Waals surface area contributed by atoms with Gasteiger partial charge in [-0.15, -0.1) is 0 Å². The molecule has 0 aromatic heterocycles. The van der Waals surface area contributed by atoms with Gasteiger partial charge < -0.3 is 10.5 Å². The van der Waals surface area contributed by atoms with Crippen LogP contribution in [0.3, 0.4) is 0 Å². The molecule has 0 saturated carbocycles. The van der Waals surface area contributed by atoms with Crippen molar-refractivity contribution in [2.75, 3.05) is 20.2 Å². The fourth-order valence-electron chi connectivity index (χ4n) is 2.62. The van der Waals surface area contributed by atoms with Gasteiger partial charge in [0.15, 0.2) is 0 Å². The highest BCUT2D eigenvalue weighted by Gasteiger charge is 2.28. The fourth-order valence-corrected chi connectivity index (χ4v) is 3.08. The van der Waals surface area contributed by atoms with Crippen molar-refractivity contribution in [3.8, 4) is 0 Å². The van der Waals surface area contributed by atoms with E-state index >= 15 is 0 Å². The van der Waals surface area contributed by atoms with Gasteiger partial charge >= 0.3 is 0 Å². The molecule has 1 aliphatic heterocycles. The number of benzene rings is 1. The number of hydrogen-bond acceptors (Lipinski definition) is 3. The first-order valence-electron chi connectivity index (χ1n) is 6.55. The molecule has 2 atom stereocenters. The second kappa shape index (κ2) is 6.79. The molecule has 1 aliphatic rings. The summed E-state index contributed by atoms with van der Waals surface area (Å²) in [5.74, 6) is -0.168. The molecule has 0 bridgehead atoms. The first-order valence-corrected chi connectivity index (χ1v) is 7.34.